The van der Waals surface area contributed by atoms with Crippen molar-refractivity contribution < 1.29 is 49.4 Å². The van der Waals surface area contributed by atoms with Gasteiger partial charge in [-0.1, -0.05) is 13.8 Å². The number of aliphatic carboxylic acids is 2. The molecule has 1 heterocycles. The second-order valence-electron chi connectivity index (χ2n) is 7.27. The minimum Gasteiger partial charge on any atom is -0.481 e. The lowest BCUT2D eigenvalue weighted by Gasteiger charge is -2.40. The molecule has 1 aromatic rings. The van der Waals surface area contributed by atoms with Crippen LogP contribution in [0.1, 0.15) is 20.3 Å². The average Bonchev–Trinajstić information content (AvgIpc) is 2.68. The molecule has 11 heteroatoms. The SMILES string of the molecule is CC(C)C(=O)Nc1ccc(O[C@H]2OC(CC(C(=O)O)C(=O)O)[C@@H](O)C(O)C2O)cc1. The quantitative estimate of drug-likeness (QED) is 0.300. The van der Waals surface area contributed by atoms with E-state index in [9.17, 15) is 29.7 Å². The lowest BCUT2D eigenvalue weighted by Crippen LogP contribution is -2.59. The predicted molar refractivity (Wildman–Crippen MR) is 101 cm³/mol. The van der Waals surface area contributed by atoms with E-state index in [4.69, 9.17) is 19.7 Å². The number of rotatable bonds is 8. The zero-order valence-electron chi connectivity index (χ0n) is 16.3. The molecule has 1 aliphatic rings. The Bertz CT molecular complexity index is 751. The highest BCUT2D eigenvalue weighted by Gasteiger charge is 2.47. The highest BCUT2D eigenvalue weighted by atomic mass is 16.7. The zero-order chi connectivity index (χ0) is 22.6. The molecule has 2 rings (SSSR count). The molecule has 1 amide bonds. The first-order chi connectivity index (χ1) is 14.0. The molecule has 30 heavy (non-hydrogen) atoms. The van der Waals surface area contributed by atoms with Crippen LogP contribution in [0.25, 0.3) is 0 Å². The van der Waals surface area contributed by atoms with Crippen LogP contribution in [0.15, 0.2) is 24.3 Å². The van der Waals surface area contributed by atoms with Crippen molar-refractivity contribution in [2.75, 3.05) is 5.32 Å². The van der Waals surface area contributed by atoms with Crippen LogP contribution in [-0.4, -0.2) is 74.1 Å². The molecular weight excluding hydrogens is 402 g/mol. The van der Waals surface area contributed by atoms with Crippen LogP contribution in [-0.2, 0) is 19.1 Å². The van der Waals surface area contributed by atoms with E-state index < -0.39 is 55.0 Å². The fourth-order valence-electron chi connectivity index (χ4n) is 2.79. The largest absolute Gasteiger partial charge is 0.481 e. The standard InChI is InChI=1S/C19H25NO10/c1-8(2)16(24)20-9-3-5-10(6-4-9)29-19-15(23)14(22)13(21)12(30-19)7-11(17(25)26)18(27)28/h3-6,8,11-15,19,21-23H,7H2,1-2H3,(H,20,24)(H,25,26)(H,27,28)/t12?,13-,14?,15?,19+/m1/s1. The minimum atomic E-state index is -1.88. The van der Waals surface area contributed by atoms with Gasteiger partial charge in [0, 0.05) is 18.0 Å². The van der Waals surface area contributed by atoms with E-state index in [1.54, 1.807) is 26.0 Å². The van der Waals surface area contributed by atoms with Crippen LogP contribution in [0.5, 0.6) is 5.75 Å². The van der Waals surface area contributed by atoms with Gasteiger partial charge in [-0.2, -0.15) is 0 Å². The molecule has 166 valence electrons. The number of hydrogen-bond donors (Lipinski definition) is 6. The van der Waals surface area contributed by atoms with Crippen molar-refractivity contribution in [1.82, 2.24) is 0 Å². The Kier molecular flexibility index (Phi) is 7.73. The molecule has 5 atom stereocenters. The number of carboxylic acid groups (broad SMARTS) is 2. The van der Waals surface area contributed by atoms with Crippen molar-refractivity contribution in [1.29, 1.82) is 0 Å². The highest BCUT2D eigenvalue weighted by molar-refractivity contribution is 5.93. The molecule has 0 aliphatic carbocycles. The van der Waals surface area contributed by atoms with Gasteiger partial charge in [0.25, 0.3) is 0 Å². The molecule has 0 spiro atoms. The third-order valence-corrected chi connectivity index (χ3v) is 4.63. The third kappa shape index (κ3) is 5.66. The van der Waals surface area contributed by atoms with E-state index in [2.05, 4.69) is 5.32 Å². The van der Waals surface area contributed by atoms with Crippen LogP contribution in [0, 0.1) is 11.8 Å². The van der Waals surface area contributed by atoms with E-state index >= 15 is 0 Å². The predicted octanol–water partition coefficient (Wildman–Crippen LogP) is -0.357. The lowest BCUT2D eigenvalue weighted by molar-refractivity contribution is -0.275. The molecule has 1 aromatic carbocycles. The number of carbonyl (C=O) groups excluding carboxylic acids is 1. The molecule has 1 fully saturated rings. The smallest absolute Gasteiger partial charge is 0.317 e. The topological polar surface area (TPSA) is 183 Å². The van der Waals surface area contributed by atoms with Gasteiger partial charge >= 0.3 is 11.9 Å². The van der Waals surface area contributed by atoms with Crippen molar-refractivity contribution in [2.45, 2.75) is 51.0 Å². The molecule has 0 bridgehead atoms. The summed E-state index contributed by atoms with van der Waals surface area (Å²) in [5.41, 5.74) is 0.505. The van der Waals surface area contributed by atoms with Crippen molar-refractivity contribution in [3.63, 3.8) is 0 Å². The normalized spacial score (nSPS) is 26.4. The number of carbonyl (C=O) groups is 3. The molecular formula is C19H25NO10. The van der Waals surface area contributed by atoms with Crippen LogP contribution in [0.4, 0.5) is 5.69 Å². The van der Waals surface area contributed by atoms with Crippen LogP contribution >= 0.6 is 0 Å². The van der Waals surface area contributed by atoms with Gasteiger partial charge < -0.3 is 40.3 Å². The Morgan fingerprint density at radius 1 is 1.00 bits per heavy atom. The molecule has 6 N–H and O–H groups in total. The second kappa shape index (κ2) is 9.85. The summed E-state index contributed by atoms with van der Waals surface area (Å²) in [6, 6.07) is 6.02. The molecule has 0 aromatic heterocycles. The van der Waals surface area contributed by atoms with Crippen molar-refractivity contribution in [3.8, 4) is 5.75 Å². The fraction of sp³-hybridized carbons (Fsp3) is 0.526. The van der Waals surface area contributed by atoms with E-state index in [0.29, 0.717) is 5.69 Å². The first-order valence-corrected chi connectivity index (χ1v) is 9.24. The van der Waals surface area contributed by atoms with E-state index in [1.165, 1.54) is 12.1 Å². The maximum atomic E-state index is 11.7. The van der Waals surface area contributed by atoms with Gasteiger partial charge in [-0.15, -0.1) is 0 Å². The summed E-state index contributed by atoms with van der Waals surface area (Å²) in [6.07, 6.45) is -8.68. The number of ether oxygens (including phenoxy) is 2. The van der Waals surface area contributed by atoms with Gasteiger partial charge in [0.1, 0.15) is 24.1 Å². The number of aliphatic hydroxyl groups excluding tert-OH is 3. The van der Waals surface area contributed by atoms with Gasteiger partial charge in [-0.25, -0.2) is 0 Å². The first kappa shape index (κ1) is 23.5. The summed E-state index contributed by atoms with van der Waals surface area (Å²) < 4.78 is 10.8. The minimum absolute atomic E-state index is 0.180. The van der Waals surface area contributed by atoms with Crippen molar-refractivity contribution in [2.24, 2.45) is 11.8 Å². The zero-order valence-corrected chi connectivity index (χ0v) is 16.3. The number of nitrogens with one attached hydrogen (secondary N) is 1. The Morgan fingerprint density at radius 3 is 2.07 bits per heavy atom. The summed E-state index contributed by atoms with van der Waals surface area (Å²) >= 11 is 0. The fourth-order valence-corrected chi connectivity index (χ4v) is 2.79. The first-order valence-electron chi connectivity index (χ1n) is 9.24. The Balaban J connectivity index is 2.09. The maximum Gasteiger partial charge on any atom is 0.317 e. The second-order valence-corrected chi connectivity index (χ2v) is 7.27. The van der Waals surface area contributed by atoms with Crippen LogP contribution < -0.4 is 10.1 Å². The van der Waals surface area contributed by atoms with Gasteiger partial charge in [0.15, 0.2) is 5.92 Å². The summed E-state index contributed by atoms with van der Waals surface area (Å²) in [5.74, 6) is -5.34. The van der Waals surface area contributed by atoms with Gasteiger partial charge in [0.05, 0.1) is 6.10 Å². The Hall–Kier alpha value is -2.73. The molecule has 0 saturated carbocycles. The van der Waals surface area contributed by atoms with Crippen LogP contribution in [0.2, 0.25) is 0 Å². The summed E-state index contributed by atoms with van der Waals surface area (Å²) in [7, 11) is 0. The summed E-state index contributed by atoms with van der Waals surface area (Å²) in [6.45, 7) is 3.48. The number of amides is 1. The van der Waals surface area contributed by atoms with Gasteiger partial charge in [-0.3, -0.25) is 14.4 Å². The summed E-state index contributed by atoms with van der Waals surface area (Å²) in [5, 5.41) is 50.9. The molecule has 0 radical (unpaired) electrons. The van der Waals surface area contributed by atoms with Crippen molar-refractivity contribution in [3.05, 3.63) is 24.3 Å². The molecule has 1 aliphatic heterocycles. The van der Waals surface area contributed by atoms with E-state index in [1.807, 2.05) is 0 Å². The maximum absolute atomic E-state index is 11.7. The highest BCUT2D eigenvalue weighted by Crippen LogP contribution is 2.28. The number of hydrogen-bond acceptors (Lipinski definition) is 8. The van der Waals surface area contributed by atoms with E-state index in [0.717, 1.165) is 0 Å². The van der Waals surface area contributed by atoms with Crippen molar-refractivity contribution >= 4 is 23.5 Å². The molecule has 11 nitrogen and oxygen atoms in total. The van der Waals surface area contributed by atoms with Crippen LogP contribution in [0.3, 0.4) is 0 Å². The van der Waals surface area contributed by atoms with Gasteiger partial charge in [0.2, 0.25) is 12.2 Å². The average molecular weight is 427 g/mol. The van der Waals surface area contributed by atoms with E-state index in [-0.39, 0.29) is 17.6 Å². The summed E-state index contributed by atoms with van der Waals surface area (Å²) in [4.78, 5) is 33.9. The number of aliphatic hydroxyl groups is 3. The number of anilines is 1. The lowest BCUT2D eigenvalue weighted by atomic mass is 9.91. The molecule has 1 saturated heterocycles. The van der Waals surface area contributed by atoms with Gasteiger partial charge in [-0.05, 0) is 24.3 Å². The number of carboxylic acids is 2. The Labute approximate surface area is 171 Å². The number of benzene rings is 1. The third-order valence-electron chi connectivity index (χ3n) is 4.63. The Morgan fingerprint density at radius 2 is 1.57 bits per heavy atom. The molecule has 3 unspecified atom stereocenters. The monoisotopic (exact) mass is 427 g/mol.